The highest BCUT2D eigenvalue weighted by Crippen LogP contribution is 2.42. The molecule has 0 fully saturated rings. The Morgan fingerprint density at radius 1 is 1.37 bits per heavy atom. The summed E-state index contributed by atoms with van der Waals surface area (Å²) in [6.45, 7) is 4.99. The molecule has 19 heavy (non-hydrogen) atoms. The third kappa shape index (κ3) is 1.79. The molecule has 0 radical (unpaired) electrons. The van der Waals surface area contributed by atoms with Crippen molar-refractivity contribution in [3.63, 3.8) is 0 Å². The molecule has 0 spiro atoms. The lowest BCUT2D eigenvalue weighted by atomic mass is 9.85. The second-order valence-electron chi connectivity index (χ2n) is 5.34. The summed E-state index contributed by atoms with van der Waals surface area (Å²) in [5.74, 6) is -0.126. The summed E-state index contributed by atoms with van der Waals surface area (Å²) in [5.41, 5.74) is 2.86. The maximum atomic E-state index is 14.1. The van der Waals surface area contributed by atoms with Gasteiger partial charge in [0.15, 0.2) is 0 Å². The van der Waals surface area contributed by atoms with Gasteiger partial charge in [-0.05, 0) is 37.0 Å². The first-order chi connectivity index (χ1) is 9.22. The predicted molar refractivity (Wildman–Crippen MR) is 74.8 cm³/mol. The van der Waals surface area contributed by atoms with Crippen LogP contribution in [0.15, 0.2) is 18.2 Å². The molecule has 2 nitrogen and oxygen atoms in total. The smallest absolute Gasteiger partial charge is 0.132 e. The average Bonchev–Trinajstić information content (AvgIpc) is 2.80. The Bertz CT molecular complexity index is 604. The minimum Gasteiger partial charge on any atom is -0.368 e. The Kier molecular flexibility index (Phi) is 3.09. The molecular formula is C16H20FNO. The highest BCUT2D eigenvalue weighted by molar-refractivity contribution is 5.86. The Morgan fingerprint density at radius 3 is 2.95 bits per heavy atom. The maximum absolute atomic E-state index is 14.1. The van der Waals surface area contributed by atoms with Crippen molar-refractivity contribution in [2.45, 2.75) is 45.1 Å². The molecule has 2 heterocycles. The number of hydrogen-bond acceptors (Lipinski definition) is 1. The number of nitrogens with one attached hydrogen (secondary N) is 1. The molecule has 1 aliphatic rings. The molecule has 102 valence electrons. The van der Waals surface area contributed by atoms with E-state index in [2.05, 4.69) is 18.8 Å². The van der Waals surface area contributed by atoms with Crippen LogP contribution in [0.4, 0.5) is 4.39 Å². The number of aromatic nitrogens is 1. The monoisotopic (exact) mass is 261 g/mol. The summed E-state index contributed by atoms with van der Waals surface area (Å²) in [5, 5.41) is 0.759. The van der Waals surface area contributed by atoms with Gasteiger partial charge in [0.05, 0.1) is 12.3 Å². The SMILES string of the molecule is CCCC1(CC)OCCc2c1[nH]c1cccc(F)c21. The van der Waals surface area contributed by atoms with E-state index in [0.717, 1.165) is 47.8 Å². The number of ether oxygens (including phenoxy) is 1. The van der Waals surface area contributed by atoms with Crippen LogP contribution in [-0.4, -0.2) is 11.6 Å². The molecule has 0 saturated carbocycles. The topological polar surface area (TPSA) is 25.0 Å². The van der Waals surface area contributed by atoms with Crippen LogP contribution in [-0.2, 0) is 16.8 Å². The van der Waals surface area contributed by atoms with Crippen LogP contribution in [0.25, 0.3) is 10.9 Å². The molecule has 0 amide bonds. The third-order valence-corrected chi connectivity index (χ3v) is 4.29. The summed E-state index contributed by atoms with van der Waals surface area (Å²) >= 11 is 0. The van der Waals surface area contributed by atoms with Gasteiger partial charge in [-0.15, -0.1) is 0 Å². The number of hydrogen-bond donors (Lipinski definition) is 1. The second kappa shape index (κ2) is 4.64. The molecule has 3 rings (SSSR count). The van der Waals surface area contributed by atoms with Gasteiger partial charge in [-0.3, -0.25) is 0 Å². The summed E-state index contributed by atoms with van der Waals surface area (Å²) in [7, 11) is 0. The molecule has 2 aromatic rings. The Morgan fingerprint density at radius 2 is 2.21 bits per heavy atom. The first kappa shape index (κ1) is 12.7. The minimum atomic E-state index is -0.256. The summed E-state index contributed by atoms with van der Waals surface area (Å²) < 4.78 is 20.2. The number of rotatable bonds is 3. The number of H-pyrrole nitrogens is 1. The fourth-order valence-electron chi connectivity index (χ4n) is 3.39. The van der Waals surface area contributed by atoms with Gasteiger partial charge in [0, 0.05) is 10.9 Å². The lowest BCUT2D eigenvalue weighted by molar-refractivity contribution is -0.0723. The van der Waals surface area contributed by atoms with Crippen molar-refractivity contribution in [3.8, 4) is 0 Å². The lowest BCUT2D eigenvalue weighted by Gasteiger charge is -2.36. The number of fused-ring (bicyclic) bond motifs is 3. The number of aromatic amines is 1. The molecule has 1 unspecified atom stereocenters. The first-order valence-corrected chi connectivity index (χ1v) is 7.15. The van der Waals surface area contributed by atoms with E-state index in [4.69, 9.17) is 4.74 Å². The molecular weight excluding hydrogens is 241 g/mol. The lowest BCUT2D eigenvalue weighted by Crippen LogP contribution is -2.35. The van der Waals surface area contributed by atoms with Crippen molar-refractivity contribution in [1.29, 1.82) is 0 Å². The van der Waals surface area contributed by atoms with E-state index in [1.54, 1.807) is 12.1 Å². The van der Waals surface area contributed by atoms with E-state index in [0.29, 0.717) is 6.61 Å². The normalized spacial score (nSPS) is 22.7. The fourth-order valence-corrected chi connectivity index (χ4v) is 3.39. The van der Waals surface area contributed by atoms with E-state index in [1.807, 2.05) is 6.07 Å². The average molecular weight is 261 g/mol. The van der Waals surface area contributed by atoms with Crippen LogP contribution in [0.2, 0.25) is 0 Å². The minimum absolute atomic E-state index is 0.126. The molecule has 1 aromatic heterocycles. The van der Waals surface area contributed by atoms with Crippen LogP contribution < -0.4 is 0 Å². The molecule has 1 N–H and O–H groups in total. The fraction of sp³-hybridized carbons (Fsp3) is 0.500. The Labute approximate surface area is 113 Å². The van der Waals surface area contributed by atoms with Crippen molar-refractivity contribution in [3.05, 3.63) is 35.3 Å². The highest BCUT2D eigenvalue weighted by Gasteiger charge is 2.38. The number of benzene rings is 1. The third-order valence-electron chi connectivity index (χ3n) is 4.29. The van der Waals surface area contributed by atoms with E-state index >= 15 is 0 Å². The van der Waals surface area contributed by atoms with E-state index in [-0.39, 0.29) is 11.4 Å². The summed E-state index contributed by atoms with van der Waals surface area (Å²) in [4.78, 5) is 3.42. The van der Waals surface area contributed by atoms with Crippen molar-refractivity contribution in [2.24, 2.45) is 0 Å². The number of halogens is 1. The molecule has 3 heteroatoms. The Balaban J connectivity index is 2.25. The largest absolute Gasteiger partial charge is 0.368 e. The zero-order valence-corrected chi connectivity index (χ0v) is 11.6. The molecule has 0 saturated heterocycles. The van der Waals surface area contributed by atoms with Crippen molar-refractivity contribution < 1.29 is 9.13 Å². The van der Waals surface area contributed by atoms with Gasteiger partial charge in [-0.2, -0.15) is 0 Å². The van der Waals surface area contributed by atoms with Gasteiger partial charge in [0.25, 0.3) is 0 Å². The second-order valence-corrected chi connectivity index (χ2v) is 5.34. The highest BCUT2D eigenvalue weighted by atomic mass is 19.1. The predicted octanol–water partition coefficient (Wildman–Crippen LogP) is 4.29. The van der Waals surface area contributed by atoms with Crippen LogP contribution in [0.3, 0.4) is 0 Å². The van der Waals surface area contributed by atoms with Gasteiger partial charge in [-0.1, -0.05) is 26.3 Å². The molecule has 0 aliphatic carbocycles. The first-order valence-electron chi connectivity index (χ1n) is 7.15. The zero-order chi connectivity index (χ0) is 13.5. The van der Waals surface area contributed by atoms with Gasteiger partial charge in [0.1, 0.15) is 11.4 Å². The van der Waals surface area contributed by atoms with E-state index in [9.17, 15) is 4.39 Å². The van der Waals surface area contributed by atoms with Crippen LogP contribution in [0, 0.1) is 5.82 Å². The van der Waals surface area contributed by atoms with Crippen LogP contribution >= 0.6 is 0 Å². The maximum Gasteiger partial charge on any atom is 0.132 e. The van der Waals surface area contributed by atoms with Crippen molar-refractivity contribution >= 4 is 10.9 Å². The quantitative estimate of drug-likeness (QED) is 0.876. The van der Waals surface area contributed by atoms with E-state index in [1.165, 1.54) is 0 Å². The van der Waals surface area contributed by atoms with Gasteiger partial charge in [-0.25, -0.2) is 4.39 Å². The zero-order valence-electron chi connectivity index (χ0n) is 11.6. The standard InChI is InChI=1S/C16H20FNO/c1-3-9-16(4-2)15-11(8-10-19-16)14-12(17)6-5-7-13(14)18-15/h5-7,18H,3-4,8-10H2,1-2H3. The van der Waals surface area contributed by atoms with E-state index < -0.39 is 0 Å². The Hall–Kier alpha value is -1.35. The van der Waals surface area contributed by atoms with Crippen LogP contribution in [0.5, 0.6) is 0 Å². The van der Waals surface area contributed by atoms with Crippen molar-refractivity contribution in [1.82, 2.24) is 4.98 Å². The van der Waals surface area contributed by atoms with Gasteiger partial charge < -0.3 is 9.72 Å². The van der Waals surface area contributed by atoms with Gasteiger partial charge in [0.2, 0.25) is 0 Å². The van der Waals surface area contributed by atoms with Crippen molar-refractivity contribution in [2.75, 3.05) is 6.61 Å². The summed E-state index contributed by atoms with van der Waals surface area (Å²) in [6.07, 6.45) is 3.75. The summed E-state index contributed by atoms with van der Waals surface area (Å²) in [6, 6.07) is 5.25. The van der Waals surface area contributed by atoms with Crippen LogP contribution in [0.1, 0.15) is 44.4 Å². The molecule has 0 bridgehead atoms. The molecule has 1 aliphatic heterocycles. The molecule has 1 atom stereocenters. The van der Waals surface area contributed by atoms with Gasteiger partial charge >= 0.3 is 0 Å². The molecule has 1 aromatic carbocycles.